The molecular weight excluding hydrogens is 449 g/mol. The average Bonchev–Trinajstić information content (AvgIpc) is 3.47. The quantitative estimate of drug-likeness (QED) is 0.363. The molecule has 7 nitrogen and oxygen atoms in total. The Balaban J connectivity index is 1.61. The number of fused-ring (bicyclic) bond motifs is 1. The number of aromatic nitrogens is 4. The van der Waals surface area contributed by atoms with E-state index < -0.39 is 0 Å². The summed E-state index contributed by atoms with van der Waals surface area (Å²) < 4.78 is 15.3. The van der Waals surface area contributed by atoms with Gasteiger partial charge in [0.1, 0.15) is 34.0 Å². The van der Waals surface area contributed by atoms with Gasteiger partial charge in [0.25, 0.3) is 0 Å². The zero-order valence-electron chi connectivity index (χ0n) is 19.3. The Labute approximate surface area is 202 Å². The van der Waals surface area contributed by atoms with Crippen molar-refractivity contribution in [1.29, 1.82) is 5.26 Å². The van der Waals surface area contributed by atoms with Gasteiger partial charge in [-0.15, -0.1) is 0 Å². The minimum atomic E-state index is -0.317. The van der Waals surface area contributed by atoms with E-state index in [1.165, 1.54) is 42.7 Å². The lowest BCUT2D eigenvalue weighted by molar-refractivity contribution is 0.573. The van der Waals surface area contributed by atoms with Gasteiger partial charge < -0.3 is 9.80 Å². The lowest BCUT2D eigenvalue weighted by Crippen LogP contribution is -2.30. The summed E-state index contributed by atoms with van der Waals surface area (Å²) in [6.07, 6.45) is 6.36. The lowest BCUT2D eigenvalue weighted by Gasteiger charge is -2.27. The van der Waals surface area contributed by atoms with Crippen LogP contribution in [0.4, 0.5) is 21.0 Å². The van der Waals surface area contributed by atoms with Crippen molar-refractivity contribution in [3.8, 4) is 17.3 Å². The molecule has 174 valence electrons. The molecule has 9 heteroatoms. The van der Waals surface area contributed by atoms with E-state index in [1.54, 1.807) is 12.1 Å². The monoisotopic (exact) mass is 475 g/mol. The SMILES string of the molecule is CCc1nn2ccc(N3CCCCC3)nc2c1N(CC)c1nc(-c2ccc(F)cc2)c(C#N)s1. The summed E-state index contributed by atoms with van der Waals surface area (Å²) in [5, 5.41) is 15.3. The Hall–Kier alpha value is -3.51. The molecule has 0 N–H and O–H groups in total. The Morgan fingerprint density at radius 1 is 1.09 bits per heavy atom. The Bertz CT molecular complexity index is 1350. The summed E-state index contributed by atoms with van der Waals surface area (Å²) in [5.74, 6) is 0.651. The van der Waals surface area contributed by atoms with Gasteiger partial charge in [-0.25, -0.2) is 18.9 Å². The number of thiazole rings is 1. The van der Waals surface area contributed by atoms with Crippen molar-refractivity contribution in [2.24, 2.45) is 0 Å². The van der Waals surface area contributed by atoms with Gasteiger partial charge in [0.15, 0.2) is 10.8 Å². The molecule has 1 aromatic carbocycles. The minimum absolute atomic E-state index is 0.317. The van der Waals surface area contributed by atoms with Gasteiger partial charge in [-0.2, -0.15) is 10.4 Å². The Morgan fingerprint density at radius 2 is 1.85 bits per heavy atom. The van der Waals surface area contributed by atoms with E-state index >= 15 is 0 Å². The molecule has 0 amide bonds. The number of nitrogens with zero attached hydrogens (tertiary/aromatic N) is 7. The first-order valence-electron chi connectivity index (χ1n) is 11.7. The zero-order chi connectivity index (χ0) is 23.7. The summed E-state index contributed by atoms with van der Waals surface area (Å²) in [7, 11) is 0. The molecule has 1 aliphatic rings. The van der Waals surface area contributed by atoms with Crippen molar-refractivity contribution in [3.63, 3.8) is 0 Å². The van der Waals surface area contributed by atoms with Crippen molar-refractivity contribution >= 4 is 33.6 Å². The second-order valence-corrected chi connectivity index (χ2v) is 9.27. The molecule has 0 atom stereocenters. The molecule has 1 aliphatic heterocycles. The molecule has 1 fully saturated rings. The fourth-order valence-electron chi connectivity index (χ4n) is 4.46. The number of halogens is 1. The van der Waals surface area contributed by atoms with Gasteiger partial charge in [0, 0.05) is 31.4 Å². The van der Waals surface area contributed by atoms with Crippen LogP contribution in [-0.4, -0.2) is 39.2 Å². The third-order valence-corrected chi connectivity index (χ3v) is 7.17. The molecule has 1 saturated heterocycles. The van der Waals surface area contributed by atoms with Gasteiger partial charge in [-0.3, -0.25) is 0 Å². The van der Waals surface area contributed by atoms with Crippen LogP contribution in [0.15, 0.2) is 36.5 Å². The number of piperidine rings is 1. The highest BCUT2D eigenvalue weighted by atomic mass is 32.1. The van der Waals surface area contributed by atoms with E-state index in [0.717, 1.165) is 47.9 Å². The summed E-state index contributed by atoms with van der Waals surface area (Å²) in [4.78, 5) is 14.8. The molecule has 0 radical (unpaired) electrons. The van der Waals surface area contributed by atoms with Crippen molar-refractivity contribution < 1.29 is 4.39 Å². The molecule has 5 rings (SSSR count). The highest BCUT2D eigenvalue weighted by Crippen LogP contribution is 2.39. The van der Waals surface area contributed by atoms with Crippen LogP contribution in [0.25, 0.3) is 16.9 Å². The van der Waals surface area contributed by atoms with Crippen LogP contribution in [0.5, 0.6) is 0 Å². The molecule has 0 bridgehead atoms. The van der Waals surface area contributed by atoms with E-state index in [0.29, 0.717) is 22.2 Å². The fourth-order valence-corrected chi connectivity index (χ4v) is 5.42. The molecule has 0 saturated carbocycles. The van der Waals surface area contributed by atoms with E-state index in [4.69, 9.17) is 15.1 Å². The van der Waals surface area contributed by atoms with Crippen LogP contribution >= 0.6 is 11.3 Å². The van der Waals surface area contributed by atoms with Crippen molar-refractivity contribution in [2.45, 2.75) is 39.5 Å². The fraction of sp³-hybridized carbons (Fsp3) is 0.360. The maximum absolute atomic E-state index is 13.4. The van der Waals surface area contributed by atoms with Crippen LogP contribution in [0.2, 0.25) is 0 Å². The number of benzene rings is 1. The van der Waals surface area contributed by atoms with E-state index in [9.17, 15) is 9.65 Å². The summed E-state index contributed by atoms with van der Waals surface area (Å²) >= 11 is 1.33. The number of rotatable bonds is 6. The maximum Gasteiger partial charge on any atom is 0.191 e. The number of aryl methyl sites for hydroxylation is 1. The largest absolute Gasteiger partial charge is 0.357 e. The molecule has 4 heterocycles. The minimum Gasteiger partial charge on any atom is -0.357 e. The first kappa shape index (κ1) is 22.3. The topological polar surface area (TPSA) is 73.3 Å². The van der Waals surface area contributed by atoms with Crippen molar-refractivity contribution in [2.75, 3.05) is 29.4 Å². The molecule has 0 unspecified atom stereocenters. The van der Waals surface area contributed by atoms with E-state index in [2.05, 4.69) is 29.7 Å². The molecule has 3 aromatic heterocycles. The van der Waals surface area contributed by atoms with Gasteiger partial charge in [0.05, 0.1) is 5.69 Å². The van der Waals surface area contributed by atoms with Crippen LogP contribution in [0.3, 0.4) is 0 Å². The maximum atomic E-state index is 13.4. The normalized spacial score (nSPS) is 13.9. The second kappa shape index (κ2) is 9.39. The zero-order valence-corrected chi connectivity index (χ0v) is 20.1. The molecular formula is C25H26FN7S. The highest BCUT2D eigenvalue weighted by molar-refractivity contribution is 7.16. The average molecular weight is 476 g/mol. The van der Waals surface area contributed by atoms with E-state index in [1.807, 2.05) is 16.8 Å². The third-order valence-electron chi connectivity index (χ3n) is 6.18. The number of nitriles is 1. The molecule has 4 aromatic rings. The van der Waals surface area contributed by atoms with Gasteiger partial charge in [-0.05, 0) is 62.9 Å². The standard InChI is InChI=1S/C25H26FN7S/c1-3-19-23(24-28-21(12-15-33(24)30-19)31-13-6-5-7-14-31)32(4-2)25-29-22(20(16-27)34-25)17-8-10-18(26)11-9-17/h8-12,15H,3-7,13-14H2,1-2H3. The molecule has 34 heavy (non-hydrogen) atoms. The van der Waals surface area contributed by atoms with Gasteiger partial charge >= 0.3 is 0 Å². The highest BCUT2D eigenvalue weighted by Gasteiger charge is 2.25. The molecule has 0 aliphatic carbocycles. The Kier molecular flexibility index (Phi) is 6.16. The number of anilines is 3. The lowest BCUT2D eigenvalue weighted by atomic mass is 10.1. The summed E-state index contributed by atoms with van der Waals surface area (Å²) in [6.45, 7) is 6.82. The summed E-state index contributed by atoms with van der Waals surface area (Å²) in [5.41, 5.74) is 3.93. The van der Waals surface area contributed by atoms with E-state index in [-0.39, 0.29) is 5.82 Å². The van der Waals surface area contributed by atoms with Gasteiger partial charge in [0.2, 0.25) is 0 Å². The number of hydrogen-bond donors (Lipinski definition) is 0. The smallest absolute Gasteiger partial charge is 0.191 e. The molecule has 0 spiro atoms. The predicted octanol–water partition coefficient (Wildman–Crippen LogP) is 5.57. The summed E-state index contributed by atoms with van der Waals surface area (Å²) in [6, 6.07) is 10.4. The van der Waals surface area contributed by atoms with Crippen molar-refractivity contribution in [3.05, 3.63) is 52.9 Å². The Morgan fingerprint density at radius 3 is 2.53 bits per heavy atom. The van der Waals surface area contributed by atoms with Crippen LogP contribution in [0.1, 0.15) is 43.7 Å². The first-order valence-corrected chi connectivity index (χ1v) is 12.5. The third kappa shape index (κ3) is 3.99. The second-order valence-electron chi connectivity index (χ2n) is 8.29. The predicted molar refractivity (Wildman–Crippen MR) is 133 cm³/mol. The number of hydrogen-bond acceptors (Lipinski definition) is 7. The van der Waals surface area contributed by atoms with Crippen LogP contribution in [-0.2, 0) is 6.42 Å². The first-order chi connectivity index (χ1) is 16.6. The van der Waals surface area contributed by atoms with Crippen molar-refractivity contribution in [1.82, 2.24) is 19.6 Å². The van der Waals surface area contributed by atoms with Gasteiger partial charge in [-0.1, -0.05) is 18.3 Å². The van der Waals surface area contributed by atoms with Crippen LogP contribution in [0, 0.1) is 17.1 Å². The van der Waals surface area contributed by atoms with Crippen LogP contribution < -0.4 is 9.80 Å².